The molecular formula is C30H31FN4O. The van der Waals surface area contributed by atoms with Crippen molar-refractivity contribution < 1.29 is 9.18 Å². The first-order valence-corrected chi connectivity index (χ1v) is 12.5. The summed E-state index contributed by atoms with van der Waals surface area (Å²) in [5, 5.41) is 0. The number of Topliss-reactive ketones (excluding diaryl/α,β-unsaturated/α-hetero) is 1. The predicted molar refractivity (Wildman–Crippen MR) is 143 cm³/mol. The monoisotopic (exact) mass is 482 g/mol. The first kappa shape index (κ1) is 23.9. The van der Waals surface area contributed by atoms with Gasteiger partial charge in [0.25, 0.3) is 0 Å². The summed E-state index contributed by atoms with van der Waals surface area (Å²) in [6.07, 6.45) is 9.45. The number of anilines is 1. The van der Waals surface area contributed by atoms with Crippen LogP contribution in [0, 0.1) is 18.7 Å². The molecule has 36 heavy (non-hydrogen) atoms. The molecule has 2 aromatic heterocycles. The molecule has 2 N–H and O–H groups in total. The standard InChI is InChI=1S/C30H31FN4O/c1-18(17-24-5-4-6-26(19(24)2)22-11-13-25(31)14-12-22)27-28-29(32)33-15-16-35(28)30(34-27)23-9-7-21(8-10-23)20(3)36/h4-6,11-17,21,23H,7-10H2,1-3H3,(H2,32,33)/b18-17+. The zero-order valence-corrected chi connectivity index (χ0v) is 21.0. The van der Waals surface area contributed by atoms with Crippen LogP contribution in [0.2, 0.25) is 0 Å². The Hall–Kier alpha value is -3.80. The fourth-order valence-electron chi connectivity index (χ4n) is 5.46. The van der Waals surface area contributed by atoms with Gasteiger partial charge in [0.05, 0.1) is 5.69 Å². The third kappa shape index (κ3) is 4.43. The molecule has 1 fully saturated rings. The maximum absolute atomic E-state index is 13.4. The van der Waals surface area contributed by atoms with Crippen LogP contribution in [0.5, 0.6) is 0 Å². The minimum absolute atomic E-state index is 0.164. The Bertz CT molecular complexity index is 1460. The lowest BCUT2D eigenvalue weighted by molar-refractivity contribution is -0.121. The molecule has 184 valence electrons. The quantitative estimate of drug-likeness (QED) is 0.338. The van der Waals surface area contributed by atoms with Gasteiger partial charge in [0.2, 0.25) is 0 Å². The minimum atomic E-state index is -0.244. The number of nitrogens with two attached hydrogens (primary N) is 1. The van der Waals surface area contributed by atoms with Crippen LogP contribution in [0.4, 0.5) is 10.2 Å². The number of carbonyl (C=O) groups excluding carboxylic acids is 1. The van der Waals surface area contributed by atoms with Crippen molar-refractivity contribution in [1.29, 1.82) is 0 Å². The molecule has 6 heteroatoms. The van der Waals surface area contributed by atoms with E-state index in [0.717, 1.165) is 70.5 Å². The number of allylic oxidation sites excluding steroid dienone is 1. The van der Waals surface area contributed by atoms with Gasteiger partial charge in [-0.1, -0.05) is 30.3 Å². The van der Waals surface area contributed by atoms with Gasteiger partial charge in [-0.15, -0.1) is 0 Å². The summed E-state index contributed by atoms with van der Waals surface area (Å²) in [4.78, 5) is 21.3. The maximum Gasteiger partial charge on any atom is 0.150 e. The number of benzene rings is 2. The van der Waals surface area contributed by atoms with Gasteiger partial charge in [-0.3, -0.25) is 9.20 Å². The van der Waals surface area contributed by atoms with Gasteiger partial charge in [-0.05, 0) is 92.5 Å². The highest BCUT2D eigenvalue weighted by atomic mass is 19.1. The maximum atomic E-state index is 13.4. The Labute approximate surface area is 210 Å². The number of fused-ring (bicyclic) bond motifs is 1. The number of carbonyl (C=O) groups is 1. The van der Waals surface area contributed by atoms with E-state index in [0.29, 0.717) is 5.82 Å². The van der Waals surface area contributed by atoms with Crippen molar-refractivity contribution >= 4 is 28.8 Å². The molecule has 0 unspecified atom stereocenters. The van der Waals surface area contributed by atoms with Crippen molar-refractivity contribution in [2.45, 2.75) is 52.4 Å². The average molecular weight is 483 g/mol. The van der Waals surface area contributed by atoms with Crippen LogP contribution in [0.15, 0.2) is 54.9 Å². The topological polar surface area (TPSA) is 73.3 Å². The van der Waals surface area contributed by atoms with E-state index in [9.17, 15) is 9.18 Å². The lowest BCUT2D eigenvalue weighted by Gasteiger charge is -2.26. The molecule has 0 spiro atoms. The summed E-state index contributed by atoms with van der Waals surface area (Å²) < 4.78 is 15.5. The molecule has 0 bridgehead atoms. The van der Waals surface area contributed by atoms with Crippen LogP contribution in [0.25, 0.3) is 28.3 Å². The molecule has 1 saturated carbocycles. The minimum Gasteiger partial charge on any atom is -0.382 e. The number of nitrogens with zero attached hydrogens (tertiary/aromatic N) is 3. The number of ketones is 1. The second kappa shape index (κ2) is 9.69. The Morgan fingerprint density at radius 3 is 2.50 bits per heavy atom. The largest absolute Gasteiger partial charge is 0.382 e. The van der Waals surface area contributed by atoms with E-state index in [-0.39, 0.29) is 23.4 Å². The van der Waals surface area contributed by atoms with Gasteiger partial charge in [0.1, 0.15) is 28.8 Å². The first-order valence-electron chi connectivity index (χ1n) is 12.5. The van der Waals surface area contributed by atoms with Crippen LogP contribution < -0.4 is 5.73 Å². The van der Waals surface area contributed by atoms with Gasteiger partial charge < -0.3 is 5.73 Å². The number of imidazole rings is 1. The van der Waals surface area contributed by atoms with E-state index in [1.165, 1.54) is 12.1 Å². The molecule has 2 heterocycles. The Morgan fingerprint density at radius 2 is 1.81 bits per heavy atom. The first-order chi connectivity index (χ1) is 17.3. The summed E-state index contributed by atoms with van der Waals surface area (Å²) in [5.41, 5.74) is 13.2. The predicted octanol–water partition coefficient (Wildman–Crippen LogP) is 6.85. The Morgan fingerprint density at radius 1 is 1.08 bits per heavy atom. The summed E-state index contributed by atoms with van der Waals surface area (Å²) >= 11 is 0. The fourth-order valence-corrected chi connectivity index (χ4v) is 5.46. The van der Waals surface area contributed by atoms with Gasteiger partial charge in [0.15, 0.2) is 0 Å². The number of aromatic nitrogens is 3. The second-order valence-corrected chi connectivity index (χ2v) is 9.86. The zero-order valence-electron chi connectivity index (χ0n) is 21.0. The van der Waals surface area contributed by atoms with E-state index in [4.69, 9.17) is 10.7 Å². The van der Waals surface area contributed by atoms with Crippen LogP contribution in [-0.4, -0.2) is 20.2 Å². The number of hydrogen-bond acceptors (Lipinski definition) is 4. The molecule has 0 atom stereocenters. The zero-order chi connectivity index (χ0) is 25.4. The molecule has 0 saturated heterocycles. The highest BCUT2D eigenvalue weighted by molar-refractivity contribution is 5.90. The molecule has 0 radical (unpaired) electrons. The Balaban J connectivity index is 1.54. The molecule has 0 amide bonds. The molecule has 2 aromatic carbocycles. The fraction of sp³-hybridized carbons (Fsp3) is 0.300. The SMILES string of the molecule is CC(=O)C1CCC(c2nc(/C(C)=C/c3cccc(-c4ccc(F)cc4)c3C)c3c(N)nccn23)CC1. The summed E-state index contributed by atoms with van der Waals surface area (Å²) in [7, 11) is 0. The number of hydrogen-bond donors (Lipinski definition) is 1. The normalized spacial score (nSPS) is 18.5. The van der Waals surface area contributed by atoms with Crippen molar-refractivity contribution in [3.8, 4) is 11.1 Å². The van der Waals surface area contributed by atoms with Crippen molar-refractivity contribution in [3.63, 3.8) is 0 Å². The van der Waals surface area contributed by atoms with E-state index < -0.39 is 0 Å². The summed E-state index contributed by atoms with van der Waals surface area (Å²) in [6, 6.07) is 12.7. The lowest BCUT2D eigenvalue weighted by atomic mass is 9.80. The number of rotatable bonds is 5. The van der Waals surface area contributed by atoms with Crippen molar-refractivity contribution in [3.05, 3.63) is 83.3 Å². The van der Waals surface area contributed by atoms with Crippen molar-refractivity contribution in [2.75, 3.05) is 5.73 Å². The van der Waals surface area contributed by atoms with Crippen molar-refractivity contribution in [2.24, 2.45) is 5.92 Å². The third-order valence-electron chi connectivity index (χ3n) is 7.55. The Kier molecular flexibility index (Phi) is 6.44. The smallest absolute Gasteiger partial charge is 0.150 e. The highest BCUT2D eigenvalue weighted by Crippen LogP contribution is 2.38. The molecular weight excluding hydrogens is 451 g/mol. The summed E-state index contributed by atoms with van der Waals surface area (Å²) in [6.45, 7) is 5.83. The lowest BCUT2D eigenvalue weighted by Crippen LogP contribution is -2.20. The molecule has 1 aliphatic rings. The molecule has 5 rings (SSSR count). The van der Waals surface area contributed by atoms with Crippen LogP contribution in [0.3, 0.4) is 0 Å². The molecule has 1 aliphatic carbocycles. The van der Waals surface area contributed by atoms with Gasteiger partial charge >= 0.3 is 0 Å². The van der Waals surface area contributed by atoms with Gasteiger partial charge in [0, 0.05) is 24.2 Å². The average Bonchev–Trinajstić information content (AvgIpc) is 3.27. The summed E-state index contributed by atoms with van der Waals surface area (Å²) in [5.74, 6) is 1.92. The van der Waals surface area contributed by atoms with Crippen LogP contribution in [0.1, 0.15) is 68.1 Å². The number of nitrogen functional groups attached to an aromatic ring is 1. The molecule has 0 aliphatic heterocycles. The van der Waals surface area contributed by atoms with Crippen molar-refractivity contribution in [1.82, 2.24) is 14.4 Å². The van der Waals surface area contributed by atoms with E-state index in [1.807, 2.05) is 12.3 Å². The van der Waals surface area contributed by atoms with Crippen LogP contribution in [-0.2, 0) is 4.79 Å². The van der Waals surface area contributed by atoms with E-state index in [2.05, 4.69) is 41.4 Å². The van der Waals surface area contributed by atoms with Gasteiger partial charge in [-0.2, -0.15) is 0 Å². The number of halogens is 1. The van der Waals surface area contributed by atoms with Gasteiger partial charge in [-0.25, -0.2) is 14.4 Å². The molecule has 4 aromatic rings. The molecule has 5 nitrogen and oxygen atoms in total. The second-order valence-electron chi connectivity index (χ2n) is 9.86. The third-order valence-corrected chi connectivity index (χ3v) is 7.55. The van der Waals surface area contributed by atoms with Crippen LogP contribution >= 0.6 is 0 Å². The van der Waals surface area contributed by atoms with E-state index in [1.54, 1.807) is 25.3 Å². The highest BCUT2D eigenvalue weighted by Gasteiger charge is 2.29. The van der Waals surface area contributed by atoms with E-state index >= 15 is 0 Å².